The lowest BCUT2D eigenvalue weighted by Gasteiger charge is -2.23. The maximum atomic E-state index is 13.2. The van der Waals surface area contributed by atoms with Gasteiger partial charge in [0.05, 0.1) is 11.1 Å². The summed E-state index contributed by atoms with van der Waals surface area (Å²) in [7, 11) is 0. The van der Waals surface area contributed by atoms with Gasteiger partial charge in [0.25, 0.3) is 0 Å². The van der Waals surface area contributed by atoms with Crippen LogP contribution < -0.4 is 0 Å². The molecule has 1 N–H and O–H groups in total. The van der Waals surface area contributed by atoms with Gasteiger partial charge < -0.3 is 5.11 Å². The summed E-state index contributed by atoms with van der Waals surface area (Å²) in [4.78, 5) is 10.9. The van der Waals surface area contributed by atoms with Gasteiger partial charge >= 0.3 is 12.1 Å². The lowest BCUT2D eigenvalue weighted by Crippen LogP contribution is -2.17. The minimum absolute atomic E-state index is 0.0595. The Labute approximate surface area is 128 Å². The first-order chi connectivity index (χ1) is 9.71. The number of hydrogen-bond donors (Lipinski definition) is 1. The molecule has 1 aromatic carbocycles. The Balaban J connectivity index is 2.55. The molecule has 1 aliphatic carbocycles. The fourth-order valence-corrected chi connectivity index (χ4v) is 3.03. The number of rotatable bonds is 2. The van der Waals surface area contributed by atoms with E-state index in [9.17, 15) is 18.0 Å². The molecular formula is C15H12BrF3O2. The summed E-state index contributed by atoms with van der Waals surface area (Å²) in [6.45, 7) is 1.61. The molecule has 0 atom stereocenters. The number of carbonyl (C=O) groups is 1. The second-order valence-corrected chi connectivity index (χ2v) is 5.73. The van der Waals surface area contributed by atoms with Crippen LogP contribution in [0.1, 0.15) is 34.3 Å². The molecule has 1 aliphatic rings. The predicted octanol–water partition coefficient (Wildman–Crippen LogP) is 5.08. The lowest BCUT2D eigenvalue weighted by molar-refractivity contribution is -0.0876. The molecule has 0 bridgehead atoms. The summed E-state index contributed by atoms with van der Waals surface area (Å²) in [6, 6.07) is 4.14. The van der Waals surface area contributed by atoms with Gasteiger partial charge in [-0.15, -0.1) is 0 Å². The zero-order valence-electron chi connectivity index (χ0n) is 11.1. The van der Waals surface area contributed by atoms with Crippen LogP contribution in [0.25, 0.3) is 5.57 Å². The van der Waals surface area contributed by atoms with E-state index in [-0.39, 0.29) is 15.6 Å². The van der Waals surface area contributed by atoms with E-state index in [0.717, 1.165) is 0 Å². The Morgan fingerprint density at radius 2 is 2.00 bits per heavy atom. The Hall–Kier alpha value is -1.56. The number of carboxylic acid groups (broad SMARTS) is 1. The first-order valence-corrected chi connectivity index (χ1v) is 7.02. The SMILES string of the molecule is Cc1cc(C(=O)O)ccc1C1=CCCC(Br)=C1C(F)(F)F. The van der Waals surface area contributed by atoms with E-state index in [1.165, 1.54) is 18.2 Å². The summed E-state index contributed by atoms with van der Waals surface area (Å²) >= 11 is 3.02. The maximum absolute atomic E-state index is 13.2. The van der Waals surface area contributed by atoms with Crippen LogP contribution in [0.4, 0.5) is 13.2 Å². The number of halogens is 4. The standard InChI is InChI=1S/C15H12BrF3O2/c1-8-7-9(14(20)21)5-6-10(8)11-3-2-4-12(16)13(11)15(17,18)19/h3,5-7H,2,4H2,1H3,(H,20,21). The van der Waals surface area contributed by atoms with Crippen LogP contribution in [0, 0.1) is 6.92 Å². The Morgan fingerprint density at radius 1 is 1.33 bits per heavy atom. The summed E-state index contributed by atoms with van der Waals surface area (Å²) in [5.41, 5.74) is 0.397. The highest BCUT2D eigenvalue weighted by molar-refractivity contribution is 9.11. The molecule has 0 saturated heterocycles. The normalized spacial score (nSPS) is 16.0. The van der Waals surface area contributed by atoms with E-state index in [2.05, 4.69) is 15.9 Å². The van der Waals surface area contributed by atoms with Crippen LogP contribution in [-0.2, 0) is 0 Å². The quantitative estimate of drug-likeness (QED) is 0.798. The van der Waals surface area contributed by atoms with Crippen molar-refractivity contribution in [3.63, 3.8) is 0 Å². The highest BCUT2D eigenvalue weighted by Gasteiger charge is 2.39. The van der Waals surface area contributed by atoms with E-state index < -0.39 is 17.7 Å². The van der Waals surface area contributed by atoms with Crippen LogP contribution in [0.15, 0.2) is 34.3 Å². The summed E-state index contributed by atoms with van der Waals surface area (Å²) < 4.78 is 39.9. The number of hydrogen-bond acceptors (Lipinski definition) is 1. The van der Waals surface area contributed by atoms with Crippen LogP contribution in [-0.4, -0.2) is 17.3 Å². The monoisotopic (exact) mass is 360 g/mol. The fraction of sp³-hybridized carbons (Fsp3) is 0.267. The minimum atomic E-state index is -4.46. The molecule has 21 heavy (non-hydrogen) atoms. The van der Waals surface area contributed by atoms with Gasteiger partial charge in [-0.05, 0) is 48.6 Å². The zero-order valence-corrected chi connectivity index (χ0v) is 12.7. The third kappa shape index (κ3) is 3.20. The van der Waals surface area contributed by atoms with Crippen molar-refractivity contribution in [2.45, 2.75) is 25.9 Å². The van der Waals surface area contributed by atoms with Crippen molar-refractivity contribution in [3.8, 4) is 0 Å². The molecule has 1 aromatic rings. The largest absolute Gasteiger partial charge is 0.478 e. The van der Waals surface area contributed by atoms with Crippen molar-refractivity contribution >= 4 is 27.5 Å². The minimum Gasteiger partial charge on any atom is -0.478 e. The molecule has 6 heteroatoms. The van der Waals surface area contributed by atoms with E-state index in [1.54, 1.807) is 13.0 Å². The van der Waals surface area contributed by atoms with Gasteiger partial charge in [0.2, 0.25) is 0 Å². The molecule has 0 unspecified atom stereocenters. The first kappa shape index (κ1) is 15.8. The smallest absolute Gasteiger partial charge is 0.417 e. The molecule has 0 fully saturated rings. The average molecular weight is 361 g/mol. The third-order valence-corrected chi connectivity index (χ3v) is 4.09. The van der Waals surface area contributed by atoms with Crippen molar-refractivity contribution in [2.75, 3.05) is 0 Å². The van der Waals surface area contributed by atoms with Gasteiger partial charge in [-0.25, -0.2) is 4.79 Å². The molecule has 112 valence electrons. The maximum Gasteiger partial charge on any atom is 0.417 e. The van der Waals surface area contributed by atoms with Crippen LogP contribution in [0.2, 0.25) is 0 Å². The van der Waals surface area contributed by atoms with Crippen LogP contribution in [0.3, 0.4) is 0 Å². The van der Waals surface area contributed by atoms with Gasteiger partial charge in [-0.3, -0.25) is 0 Å². The van der Waals surface area contributed by atoms with E-state index in [0.29, 0.717) is 24.0 Å². The van der Waals surface area contributed by atoms with Crippen molar-refractivity contribution in [1.82, 2.24) is 0 Å². The van der Waals surface area contributed by atoms with Crippen LogP contribution >= 0.6 is 15.9 Å². The summed E-state index contributed by atoms with van der Waals surface area (Å²) in [5, 5.41) is 8.92. The second-order valence-electron chi connectivity index (χ2n) is 4.77. The summed E-state index contributed by atoms with van der Waals surface area (Å²) in [6.07, 6.45) is -2.08. The molecular weight excluding hydrogens is 349 g/mol. The molecule has 0 saturated carbocycles. The number of carboxylic acids is 1. The number of benzene rings is 1. The van der Waals surface area contributed by atoms with E-state index in [1.807, 2.05) is 0 Å². The van der Waals surface area contributed by atoms with E-state index >= 15 is 0 Å². The fourth-order valence-electron chi connectivity index (χ4n) is 2.37. The molecule has 2 nitrogen and oxygen atoms in total. The van der Waals surface area contributed by atoms with Crippen molar-refractivity contribution < 1.29 is 23.1 Å². The molecule has 0 radical (unpaired) electrons. The van der Waals surface area contributed by atoms with Crippen LogP contribution in [0.5, 0.6) is 0 Å². The number of aryl methyl sites for hydroxylation is 1. The highest BCUT2D eigenvalue weighted by atomic mass is 79.9. The van der Waals surface area contributed by atoms with Crippen molar-refractivity contribution in [2.24, 2.45) is 0 Å². The van der Waals surface area contributed by atoms with Crippen molar-refractivity contribution in [1.29, 1.82) is 0 Å². The molecule has 0 heterocycles. The Morgan fingerprint density at radius 3 is 2.52 bits per heavy atom. The average Bonchev–Trinajstić information content (AvgIpc) is 2.36. The van der Waals surface area contributed by atoms with Gasteiger partial charge in [-0.1, -0.05) is 28.1 Å². The molecule has 0 amide bonds. The molecule has 0 aliphatic heterocycles. The molecule has 2 rings (SSSR count). The van der Waals surface area contributed by atoms with Crippen molar-refractivity contribution in [3.05, 3.63) is 51.0 Å². The predicted molar refractivity (Wildman–Crippen MR) is 77.4 cm³/mol. The first-order valence-electron chi connectivity index (χ1n) is 6.22. The Bertz CT molecular complexity index is 657. The van der Waals surface area contributed by atoms with Gasteiger partial charge in [0, 0.05) is 4.48 Å². The van der Waals surface area contributed by atoms with Gasteiger partial charge in [0.15, 0.2) is 0 Å². The lowest BCUT2D eigenvalue weighted by atomic mass is 9.88. The van der Waals surface area contributed by atoms with E-state index in [4.69, 9.17) is 5.11 Å². The zero-order chi connectivity index (χ0) is 15.8. The number of alkyl halides is 3. The third-order valence-electron chi connectivity index (χ3n) is 3.30. The topological polar surface area (TPSA) is 37.3 Å². The molecule has 0 spiro atoms. The second kappa shape index (κ2) is 5.67. The van der Waals surface area contributed by atoms with Gasteiger partial charge in [0.1, 0.15) is 0 Å². The van der Waals surface area contributed by atoms with Gasteiger partial charge in [-0.2, -0.15) is 13.2 Å². The highest BCUT2D eigenvalue weighted by Crippen LogP contribution is 2.44. The Kier molecular flexibility index (Phi) is 4.27. The number of allylic oxidation sites excluding steroid dienone is 4. The molecule has 0 aromatic heterocycles. The number of aromatic carboxylic acids is 1. The summed E-state index contributed by atoms with van der Waals surface area (Å²) in [5.74, 6) is -1.10.